The van der Waals surface area contributed by atoms with Gasteiger partial charge in [-0.3, -0.25) is 9.59 Å². The molecule has 2 aromatic rings. The minimum Gasteiger partial charge on any atom is -0.481 e. The first-order chi connectivity index (χ1) is 16.0. The molecule has 0 aromatic heterocycles. The van der Waals surface area contributed by atoms with Gasteiger partial charge in [-0.05, 0) is 30.5 Å². The zero-order valence-electron chi connectivity index (χ0n) is 19.1. The average molecular weight is 456 g/mol. The number of benzene rings is 2. The van der Waals surface area contributed by atoms with Gasteiger partial charge in [-0.25, -0.2) is 0 Å². The highest BCUT2D eigenvalue weighted by molar-refractivity contribution is 5.90. The summed E-state index contributed by atoms with van der Waals surface area (Å²) >= 11 is 0. The van der Waals surface area contributed by atoms with Crippen molar-refractivity contribution in [2.75, 3.05) is 19.0 Å². The second kappa shape index (κ2) is 13.1. The summed E-state index contributed by atoms with van der Waals surface area (Å²) in [6.45, 7) is 0.494. The predicted octanol–water partition coefficient (Wildman–Crippen LogP) is 5.24. The summed E-state index contributed by atoms with van der Waals surface area (Å²) in [6.07, 6.45) is 3.72. The largest absolute Gasteiger partial charge is 0.481 e. The van der Waals surface area contributed by atoms with Gasteiger partial charge < -0.3 is 24.6 Å². The van der Waals surface area contributed by atoms with Gasteiger partial charge >= 0.3 is 5.97 Å². The Morgan fingerprint density at radius 3 is 2.30 bits per heavy atom. The Morgan fingerprint density at radius 1 is 0.939 bits per heavy atom. The number of ether oxygens (including phenoxy) is 3. The number of hydrogen-bond acceptors (Lipinski definition) is 5. The molecule has 1 saturated heterocycles. The standard InChI is InChI=1S/C26H33NO6/c1-31-18-22-17-23(19-9-5-4-6-10-19)33-26(32-22)20-13-15-21(16-14-20)27-24(28)11-7-2-3-8-12-25(29)30/h4-6,9-10,13-16,22-23,26H,2-3,7-8,11-12,17-18H2,1H3,(H,27,28)(H,29,30). The number of carboxylic acid groups (broad SMARTS) is 1. The fourth-order valence-electron chi connectivity index (χ4n) is 3.90. The van der Waals surface area contributed by atoms with Gasteiger partial charge in [0.25, 0.3) is 0 Å². The number of carboxylic acids is 1. The smallest absolute Gasteiger partial charge is 0.303 e. The SMILES string of the molecule is COCC1CC(c2ccccc2)OC(c2ccc(NC(=O)CCCCCCC(=O)O)cc2)O1. The van der Waals surface area contributed by atoms with E-state index in [1.807, 2.05) is 42.5 Å². The molecule has 178 valence electrons. The normalized spacial score (nSPS) is 20.3. The van der Waals surface area contributed by atoms with Crippen molar-refractivity contribution in [3.8, 4) is 0 Å². The average Bonchev–Trinajstić information content (AvgIpc) is 2.82. The van der Waals surface area contributed by atoms with Gasteiger partial charge in [-0.1, -0.05) is 55.3 Å². The molecule has 1 heterocycles. The third kappa shape index (κ3) is 8.28. The van der Waals surface area contributed by atoms with Crippen molar-refractivity contribution < 1.29 is 28.9 Å². The third-order valence-electron chi connectivity index (χ3n) is 5.62. The van der Waals surface area contributed by atoms with Gasteiger partial charge in [-0.2, -0.15) is 0 Å². The van der Waals surface area contributed by atoms with Crippen LogP contribution in [0.3, 0.4) is 0 Å². The van der Waals surface area contributed by atoms with Crippen LogP contribution in [0.2, 0.25) is 0 Å². The van der Waals surface area contributed by atoms with Crippen LogP contribution in [0.5, 0.6) is 0 Å². The molecule has 3 rings (SSSR count). The van der Waals surface area contributed by atoms with E-state index < -0.39 is 12.3 Å². The van der Waals surface area contributed by atoms with E-state index in [2.05, 4.69) is 17.4 Å². The molecule has 0 saturated carbocycles. The lowest BCUT2D eigenvalue weighted by atomic mass is 10.0. The first-order valence-corrected chi connectivity index (χ1v) is 11.5. The highest BCUT2D eigenvalue weighted by atomic mass is 16.7. The van der Waals surface area contributed by atoms with Crippen molar-refractivity contribution in [3.63, 3.8) is 0 Å². The van der Waals surface area contributed by atoms with Crippen LogP contribution in [0.4, 0.5) is 5.69 Å². The molecule has 33 heavy (non-hydrogen) atoms. The van der Waals surface area contributed by atoms with E-state index in [9.17, 15) is 9.59 Å². The zero-order valence-corrected chi connectivity index (χ0v) is 19.1. The Kier molecular flexibility index (Phi) is 9.87. The number of carbonyl (C=O) groups excluding carboxylic acids is 1. The van der Waals surface area contributed by atoms with Crippen molar-refractivity contribution in [1.82, 2.24) is 0 Å². The highest BCUT2D eigenvalue weighted by Crippen LogP contribution is 2.38. The van der Waals surface area contributed by atoms with Crippen LogP contribution in [0, 0.1) is 0 Å². The lowest BCUT2D eigenvalue weighted by Crippen LogP contribution is -2.32. The molecular formula is C26H33NO6. The minimum absolute atomic E-state index is 0.0459. The molecule has 3 atom stereocenters. The van der Waals surface area contributed by atoms with Crippen molar-refractivity contribution in [1.29, 1.82) is 0 Å². The number of unbranched alkanes of at least 4 members (excludes halogenated alkanes) is 3. The molecule has 7 heteroatoms. The molecule has 1 aliphatic rings. The highest BCUT2D eigenvalue weighted by Gasteiger charge is 2.32. The van der Waals surface area contributed by atoms with Gasteiger partial charge in [0.05, 0.1) is 18.8 Å². The van der Waals surface area contributed by atoms with E-state index in [1.54, 1.807) is 7.11 Å². The first kappa shape index (κ1) is 24.9. The summed E-state index contributed by atoms with van der Waals surface area (Å²) in [6, 6.07) is 17.6. The Hall–Kier alpha value is -2.74. The monoisotopic (exact) mass is 455 g/mol. The maximum Gasteiger partial charge on any atom is 0.303 e. The topological polar surface area (TPSA) is 94.1 Å². The molecular weight excluding hydrogens is 422 g/mol. The number of aliphatic carboxylic acids is 1. The summed E-state index contributed by atoms with van der Waals surface area (Å²) < 4.78 is 17.7. The van der Waals surface area contributed by atoms with Gasteiger partial charge in [-0.15, -0.1) is 0 Å². The molecule has 2 aromatic carbocycles. The summed E-state index contributed by atoms with van der Waals surface area (Å²) in [5, 5.41) is 11.6. The maximum atomic E-state index is 12.2. The van der Waals surface area contributed by atoms with Crippen molar-refractivity contribution in [2.45, 2.75) is 63.4 Å². The van der Waals surface area contributed by atoms with Crippen LogP contribution in [-0.2, 0) is 23.8 Å². The summed E-state index contributed by atoms with van der Waals surface area (Å²) in [7, 11) is 1.67. The van der Waals surface area contributed by atoms with Gasteiger partial charge in [0.2, 0.25) is 5.91 Å². The molecule has 3 unspecified atom stereocenters. The van der Waals surface area contributed by atoms with Crippen molar-refractivity contribution >= 4 is 17.6 Å². The van der Waals surface area contributed by atoms with E-state index >= 15 is 0 Å². The molecule has 2 N–H and O–H groups in total. The van der Waals surface area contributed by atoms with Gasteiger partial charge in [0, 0.05) is 37.6 Å². The lowest BCUT2D eigenvalue weighted by Gasteiger charge is -2.36. The Bertz CT molecular complexity index is 870. The van der Waals surface area contributed by atoms with Crippen LogP contribution < -0.4 is 5.32 Å². The predicted molar refractivity (Wildman–Crippen MR) is 125 cm³/mol. The van der Waals surface area contributed by atoms with Crippen LogP contribution >= 0.6 is 0 Å². The van der Waals surface area contributed by atoms with E-state index in [0.717, 1.165) is 42.5 Å². The third-order valence-corrected chi connectivity index (χ3v) is 5.62. The zero-order chi connectivity index (χ0) is 23.5. The molecule has 0 aliphatic carbocycles. The van der Waals surface area contributed by atoms with E-state index in [1.165, 1.54) is 0 Å². The molecule has 0 radical (unpaired) electrons. The summed E-state index contributed by atoms with van der Waals surface area (Å²) in [5.41, 5.74) is 2.71. The number of rotatable bonds is 12. The lowest BCUT2D eigenvalue weighted by molar-refractivity contribution is -0.257. The summed E-state index contributed by atoms with van der Waals surface area (Å²) in [5.74, 6) is -0.819. The fraction of sp³-hybridized carbons (Fsp3) is 0.462. The Balaban J connectivity index is 1.51. The van der Waals surface area contributed by atoms with E-state index in [0.29, 0.717) is 19.4 Å². The quantitative estimate of drug-likeness (QED) is 0.425. The van der Waals surface area contributed by atoms with Crippen LogP contribution in [0.1, 0.15) is 68.5 Å². The van der Waals surface area contributed by atoms with Gasteiger partial charge in [0.15, 0.2) is 6.29 Å². The number of carbonyl (C=O) groups is 2. The fourth-order valence-corrected chi connectivity index (χ4v) is 3.90. The van der Waals surface area contributed by atoms with Crippen LogP contribution in [-0.4, -0.2) is 36.8 Å². The number of methoxy groups -OCH3 is 1. The second-order valence-corrected chi connectivity index (χ2v) is 8.29. The van der Waals surface area contributed by atoms with E-state index in [-0.39, 0.29) is 24.5 Å². The summed E-state index contributed by atoms with van der Waals surface area (Å²) in [4.78, 5) is 22.7. The second-order valence-electron chi connectivity index (χ2n) is 8.29. The molecule has 7 nitrogen and oxygen atoms in total. The number of hydrogen-bond donors (Lipinski definition) is 2. The number of anilines is 1. The number of amides is 1. The molecule has 0 spiro atoms. The van der Waals surface area contributed by atoms with Gasteiger partial charge in [0.1, 0.15) is 0 Å². The molecule has 0 bridgehead atoms. The Morgan fingerprint density at radius 2 is 1.64 bits per heavy atom. The molecule has 1 amide bonds. The minimum atomic E-state index is -0.773. The Labute approximate surface area is 195 Å². The first-order valence-electron chi connectivity index (χ1n) is 11.5. The van der Waals surface area contributed by atoms with E-state index in [4.69, 9.17) is 19.3 Å². The van der Waals surface area contributed by atoms with Crippen molar-refractivity contribution in [2.24, 2.45) is 0 Å². The van der Waals surface area contributed by atoms with Crippen LogP contribution in [0.25, 0.3) is 0 Å². The molecule has 1 aliphatic heterocycles. The van der Waals surface area contributed by atoms with Crippen LogP contribution in [0.15, 0.2) is 54.6 Å². The molecule has 1 fully saturated rings. The maximum absolute atomic E-state index is 12.2. The number of nitrogens with one attached hydrogen (secondary N) is 1. The van der Waals surface area contributed by atoms with Crippen molar-refractivity contribution in [3.05, 3.63) is 65.7 Å².